The third-order valence-corrected chi connectivity index (χ3v) is 10.9. The highest BCUT2D eigenvalue weighted by atomic mass is 32.2. The number of para-hydroxylation sites is 1. The van der Waals surface area contributed by atoms with Gasteiger partial charge < -0.3 is 9.72 Å². The number of hydrogen-bond donors (Lipinski definition) is 3. The Hall–Kier alpha value is -3.96. The minimum Gasteiger partial charge on any atom is -0.492 e. The lowest BCUT2D eigenvalue weighted by atomic mass is 10.0. The summed E-state index contributed by atoms with van der Waals surface area (Å²) in [6, 6.07) is 20.4. The van der Waals surface area contributed by atoms with Crippen LogP contribution in [0.2, 0.25) is 0 Å². The summed E-state index contributed by atoms with van der Waals surface area (Å²) in [6.07, 6.45) is 10.5. The zero-order valence-electron chi connectivity index (χ0n) is 25.3. The second kappa shape index (κ2) is 14.0. The number of likely N-dealkylation sites (tertiary alicyclic amines) is 1. The van der Waals surface area contributed by atoms with E-state index in [9.17, 15) is 13.2 Å². The lowest BCUT2D eigenvalue weighted by molar-refractivity contribution is -0.124. The molecule has 9 nitrogen and oxygen atoms in total. The molecule has 1 aromatic heterocycles. The van der Waals surface area contributed by atoms with Crippen LogP contribution in [0.3, 0.4) is 0 Å². The van der Waals surface area contributed by atoms with Crippen molar-refractivity contribution in [2.24, 2.45) is 0 Å². The number of fused-ring (bicyclic) bond motifs is 2. The van der Waals surface area contributed by atoms with Gasteiger partial charge in [0.1, 0.15) is 12.4 Å². The first-order chi connectivity index (χ1) is 21.9. The van der Waals surface area contributed by atoms with Crippen molar-refractivity contribution in [1.29, 1.82) is 0 Å². The van der Waals surface area contributed by atoms with Gasteiger partial charge in [-0.2, -0.15) is 4.31 Å². The number of nitrogens with one attached hydrogen (secondary N) is 2. The predicted octanol–water partition coefficient (Wildman–Crippen LogP) is 5.47. The quantitative estimate of drug-likeness (QED) is 0.109. The molecule has 4 aromatic rings. The largest absolute Gasteiger partial charge is 0.492 e. The summed E-state index contributed by atoms with van der Waals surface area (Å²) in [7, 11) is -3.86. The maximum absolute atomic E-state index is 14.4. The average Bonchev–Trinajstić information content (AvgIpc) is 3.68. The highest BCUT2D eigenvalue weighted by Gasteiger charge is 2.36. The van der Waals surface area contributed by atoms with Gasteiger partial charge in [-0.3, -0.25) is 14.9 Å². The van der Waals surface area contributed by atoms with Crippen molar-refractivity contribution in [3.63, 3.8) is 0 Å². The van der Waals surface area contributed by atoms with E-state index in [2.05, 4.69) is 16.0 Å². The van der Waals surface area contributed by atoms with Gasteiger partial charge in [-0.15, -0.1) is 0 Å². The molecule has 2 heterocycles. The third kappa shape index (κ3) is 7.15. The maximum atomic E-state index is 14.4. The van der Waals surface area contributed by atoms with Crippen LogP contribution < -0.4 is 10.2 Å². The van der Waals surface area contributed by atoms with Crippen LogP contribution in [0.25, 0.3) is 17.0 Å². The molecule has 2 aliphatic rings. The fourth-order valence-corrected chi connectivity index (χ4v) is 8.19. The Morgan fingerprint density at radius 1 is 1.07 bits per heavy atom. The summed E-state index contributed by atoms with van der Waals surface area (Å²) in [6.45, 7) is 3.98. The molecule has 1 amide bonds. The van der Waals surface area contributed by atoms with Crippen LogP contribution in [0.1, 0.15) is 54.0 Å². The lowest BCUT2D eigenvalue weighted by Crippen LogP contribution is -2.35. The molecular formula is C35H40N4O5S. The normalized spacial score (nSPS) is 17.2. The highest BCUT2D eigenvalue weighted by Crippen LogP contribution is 2.40. The molecule has 1 aliphatic carbocycles. The fourth-order valence-electron chi connectivity index (χ4n) is 6.56. The fraction of sp³-hybridized carbons (Fsp3) is 0.343. The number of ether oxygens (including phenoxy) is 1. The Balaban J connectivity index is 1.23. The van der Waals surface area contributed by atoms with Gasteiger partial charge in [-0.05, 0) is 104 Å². The van der Waals surface area contributed by atoms with Crippen LogP contribution >= 0.6 is 0 Å². The Morgan fingerprint density at radius 3 is 2.67 bits per heavy atom. The number of aromatic amines is 1. The molecule has 0 saturated carbocycles. The Kier molecular flexibility index (Phi) is 9.65. The molecule has 1 aliphatic heterocycles. The second-order valence-corrected chi connectivity index (χ2v) is 13.7. The molecule has 1 unspecified atom stereocenters. The van der Waals surface area contributed by atoms with E-state index in [0.717, 1.165) is 59.2 Å². The van der Waals surface area contributed by atoms with Gasteiger partial charge in [0.15, 0.2) is 0 Å². The summed E-state index contributed by atoms with van der Waals surface area (Å²) >= 11 is 0. The topological polar surface area (TPSA) is 115 Å². The van der Waals surface area contributed by atoms with Crippen LogP contribution in [0.15, 0.2) is 83.9 Å². The third-order valence-electron chi connectivity index (χ3n) is 8.93. The van der Waals surface area contributed by atoms with Crippen LogP contribution in [0, 0.1) is 0 Å². The van der Waals surface area contributed by atoms with E-state index in [0.29, 0.717) is 31.7 Å². The van der Waals surface area contributed by atoms with Crippen LogP contribution in [-0.2, 0) is 27.7 Å². The molecule has 3 N–H and O–H groups in total. The summed E-state index contributed by atoms with van der Waals surface area (Å²) < 4.78 is 36.3. The van der Waals surface area contributed by atoms with Crippen molar-refractivity contribution < 1.29 is 23.2 Å². The van der Waals surface area contributed by atoms with Gasteiger partial charge in [0.05, 0.1) is 10.9 Å². The molecule has 1 atom stereocenters. The van der Waals surface area contributed by atoms with E-state index >= 15 is 0 Å². The molecule has 45 heavy (non-hydrogen) atoms. The molecule has 1 fully saturated rings. The van der Waals surface area contributed by atoms with Gasteiger partial charge in [0.25, 0.3) is 5.91 Å². The first-order valence-corrected chi connectivity index (χ1v) is 17.1. The second-order valence-electron chi connectivity index (χ2n) is 11.8. The van der Waals surface area contributed by atoms with E-state index in [-0.39, 0.29) is 10.9 Å². The number of aryl methyl sites for hydroxylation is 1. The predicted molar refractivity (Wildman–Crippen MR) is 175 cm³/mol. The first-order valence-electron chi connectivity index (χ1n) is 15.7. The first kappa shape index (κ1) is 31.0. The molecule has 1 saturated heterocycles. The zero-order chi connectivity index (χ0) is 31.2. The number of rotatable bonds is 12. The van der Waals surface area contributed by atoms with E-state index in [1.807, 2.05) is 42.6 Å². The number of hydroxylamine groups is 1. The molecular weight excluding hydrogens is 588 g/mol. The molecule has 0 bridgehead atoms. The smallest absolute Gasteiger partial charge is 0.267 e. The van der Waals surface area contributed by atoms with Gasteiger partial charge in [0.2, 0.25) is 10.0 Å². The van der Waals surface area contributed by atoms with Gasteiger partial charge in [0, 0.05) is 36.3 Å². The summed E-state index contributed by atoms with van der Waals surface area (Å²) in [4.78, 5) is 17.4. The van der Waals surface area contributed by atoms with Crippen molar-refractivity contribution in [1.82, 2.24) is 19.7 Å². The zero-order valence-corrected chi connectivity index (χ0v) is 26.1. The van der Waals surface area contributed by atoms with Crippen molar-refractivity contribution in [2.45, 2.75) is 49.5 Å². The van der Waals surface area contributed by atoms with Gasteiger partial charge in [-0.25, -0.2) is 13.9 Å². The molecule has 0 spiro atoms. The number of nitrogens with zero attached hydrogens (tertiary/aromatic N) is 2. The monoisotopic (exact) mass is 628 g/mol. The molecule has 3 aromatic carbocycles. The van der Waals surface area contributed by atoms with Crippen molar-refractivity contribution >= 4 is 32.9 Å². The number of carbonyl (C=O) groups excluding carboxylic acids is 1. The number of piperidine rings is 1. The lowest BCUT2D eigenvalue weighted by Gasteiger charge is -2.29. The number of hydrogen-bond acceptors (Lipinski definition) is 6. The minimum absolute atomic E-state index is 0.243. The van der Waals surface area contributed by atoms with Crippen LogP contribution in [0.4, 0.5) is 0 Å². The van der Waals surface area contributed by atoms with Gasteiger partial charge in [-0.1, -0.05) is 42.8 Å². The number of sulfonamides is 1. The summed E-state index contributed by atoms with van der Waals surface area (Å²) in [5, 5.41) is 9.88. The van der Waals surface area contributed by atoms with Crippen LogP contribution in [-0.4, -0.2) is 66.5 Å². The molecule has 10 heteroatoms. The van der Waals surface area contributed by atoms with E-state index < -0.39 is 15.9 Å². The Bertz CT molecular complexity index is 1760. The van der Waals surface area contributed by atoms with Gasteiger partial charge >= 0.3 is 0 Å². The van der Waals surface area contributed by atoms with Crippen LogP contribution in [0.5, 0.6) is 5.75 Å². The minimum atomic E-state index is -3.86. The van der Waals surface area contributed by atoms with Crippen molar-refractivity contribution in [3.8, 4) is 5.75 Å². The number of carbonyl (C=O) groups is 1. The SMILES string of the molecule is O=C(C=Cc1ccc2c(c1)CCC2N(CCc1c[nH]c2ccccc12)S(=O)(=O)c1ccc(OCCN2CCCCC2)cc1)NO. The Labute approximate surface area is 264 Å². The molecule has 236 valence electrons. The molecule has 0 radical (unpaired) electrons. The van der Waals surface area contributed by atoms with Crippen molar-refractivity contribution in [3.05, 3.63) is 101 Å². The number of benzene rings is 3. The number of aromatic nitrogens is 1. The highest BCUT2D eigenvalue weighted by molar-refractivity contribution is 7.89. The Morgan fingerprint density at radius 2 is 1.87 bits per heavy atom. The molecule has 6 rings (SSSR count). The van der Waals surface area contributed by atoms with E-state index in [1.54, 1.807) is 40.1 Å². The maximum Gasteiger partial charge on any atom is 0.267 e. The van der Waals surface area contributed by atoms with E-state index in [1.165, 1.54) is 25.3 Å². The number of amides is 1. The average molecular weight is 629 g/mol. The van der Waals surface area contributed by atoms with Crippen molar-refractivity contribution in [2.75, 3.05) is 32.8 Å². The van der Waals surface area contributed by atoms with E-state index in [4.69, 9.17) is 9.94 Å². The summed E-state index contributed by atoms with van der Waals surface area (Å²) in [5.74, 6) is 0.0549. The number of H-pyrrole nitrogens is 1. The summed E-state index contributed by atoms with van der Waals surface area (Å²) in [5.41, 5.74) is 6.53. The standard InChI is InChI=1S/C35H40N4O5S/c40-35(37-41)17-9-26-8-15-32-27(24-26)10-16-34(32)39(21-18-28-25-36-33-7-3-2-6-31(28)33)45(42,43)30-13-11-29(12-14-30)44-23-22-38-19-4-1-5-20-38/h2-3,6-9,11-15,17,24-25,34,36,41H,1,4-5,10,16,18-23H2,(H,37,40).